The molecule has 8 nitrogen and oxygen atoms in total. The van der Waals surface area contributed by atoms with Gasteiger partial charge in [-0.25, -0.2) is 10.9 Å². The van der Waals surface area contributed by atoms with E-state index in [1.165, 1.54) is 34.9 Å². The van der Waals surface area contributed by atoms with E-state index >= 15 is 0 Å². The fourth-order valence-electron chi connectivity index (χ4n) is 1.22. The molecular formula is C14H22N6O2S3. The molecule has 25 heavy (non-hydrogen) atoms. The van der Waals surface area contributed by atoms with E-state index in [0.29, 0.717) is 8.68 Å². The molecule has 0 aliphatic carbocycles. The Kier molecular flexibility index (Phi) is 9.08. The molecule has 1 heterocycles. The van der Waals surface area contributed by atoms with Crippen molar-refractivity contribution in [3.05, 3.63) is 0 Å². The number of nitrogens with one attached hydrogen (secondary N) is 2. The van der Waals surface area contributed by atoms with Gasteiger partial charge in [0.15, 0.2) is 8.68 Å². The summed E-state index contributed by atoms with van der Waals surface area (Å²) in [6.07, 6.45) is 0. The van der Waals surface area contributed by atoms with E-state index in [0.717, 1.165) is 11.4 Å². The highest BCUT2D eigenvalue weighted by molar-refractivity contribution is 8.04. The minimum Gasteiger partial charge on any atom is -0.272 e. The Balaban J connectivity index is 2.55. The fourth-order valence-corrected chi connectivity index (χ4v) is 4.51. The predicted molar refractivity (Wildman–Crippen MR) is 104 cm³/mol. The molecule has 2 amide bonds. The monoisotopic (exact) mass is 402 g/mol. The van der Waals surface area contributed by atoms with Crippen LogP contribution >= 0.6 is 34.9 Å². The Morgan fingerprint density at radius 2 is 1.24 bits per heavy atom. The van der Waals surface area contributed by atoms with Crippen LogP contribution in [0.1, 0.15) is 41.5 Å². The number of hydrogen-bond donors (Lipinski definition) is 2. The first kappa shape index (κ1) is 21.6. The highest BCUT2D eigenvalue weighted by atomic mass is 32.2. The van der Waals surface area contributed by atoms with E-state index < -0.39 is 0 Å². The second-order valence-electron chi connectivity index (χ2n) is 5.42. The van der Waals surface area contributed by atoms with Crippen molar-refractivity contribution in [2.24, 2.45) is 10.2 Å². The Hall–Kier alpha value is -1.46. The van der Waals surface area contributed by atoms with Gasteiger partial charge in [0.25, 0.3) is 11.8 Å². The normalized spacial score (nSPS) is 12.7. The molecule has 138 valence electrons. The summed E-state index contributed by atoms with van der Waals surface area (Å²) in [5, 5.41) is 15.2. The molecule has 1 rings (SSSR count). The maximum Gasteiger partial charge on any atom is 0.253 e. The molecule has 0 aliphatic rings. The van der Waals surface area contributed by atoms with Crippen molar-refractivity contribution in [1.82, 2.24) is 21.0 Å². The third-order valence-electron chi connectivity index (χ3n) is 2.46. The van der Waals surface area contributed by atoms with E-state index in [2.05, 4.69) is 31.3 Å². The SMILES string of the molecule is CC(C)=NNC(=O)C(C)Sc1nnc(SC(C)C(=O)NN=C(C)C)s1. The molecule has 1 aromatic heterocycles. The van der Waals surface area contributed by atoms with Crippen LogP contribution in [-0.2, 0) is 9.59 Å². The van der Waals surface area contributed by atoms with E-state index in [9.17, 15) is 9.59 Å². The zero-order valence-electron chi connectivity index (χ0n) is 15.0. The summed E-state index contributed by atoms with van der Waals surface area (Å²) in [4.78, 5) is 23.8. The zero-order valence-corrected chi connectivity index (χ0v) is 17.4. The Morgan fingerprint density at radius 3 is 1.56 bits per heavy atom. The first-order chi connectivity index (χ1) is 11.7. The number of carbonyl (C=O) groups is 2. The topological polar surface area (TPSA) is 109 Å². The first-order valence-electron chi connectivity index (χ1n) is 7.47. The second-order valence-corrected chi connectivity index (χ2v) is 9.58. The predicted octanol–water partition coefficient (Wildman–Crippen LogP) is 2.52. The largest absolute Gasteiger partial charge is 0.272 e. The standard InChI is InChI=1S/C14H22N6O2S3/c1-7(2)15-17-11(21)9(5)23-13-19-20-14(25-13)24-10(6)12(22)18-16-8(3)4/h9-10H,1-6H3,(H,17,21)(H,18,22). The molecule has 0 aromatic carbocycles. The fraction of sp³-hybridized carbons (Fsp3) is 0.571. The van der Waals surface area contributed by atoms with Crippen molar-refractivity contribution >= 4 is 58.1 Å². The van der Waals surface area contributed by atoms with Gasteiger partial charge in [0.1, 0.15) is 0 Å². The minimum atomic E-state index is -0.350. The van der Waals surface area contributed by atoms with Gasteiger partial charge in [-0.05, 0) is 41.5 Å². The highest BCUT2D eigenvalue weighted by Gasteiger charge is 2.20. The number of nitrogens with zero attached hydrogens (tertiary/aromatic N) is 4. The molecule has 1 aromatic rings. The molecule has 0 aliphatic heterocycles. The van der Waals surface area contributed by atoms with Gasteiger partial charge < -0.3 is 0 Å². The third-order valence-corrected chi connectivity index (χ3v) is 5.75. The molecule has 0 fully saturated rings. The molecule has 2 unspecified atom stereocenters. The average Bonchev–Trinajstić information content (AvgIpc) is 2.96. The van der Waals surface area contributed by atoms with Crippen molar-refractivity contribution in [3.63, 3.8) is 0 Å². The summed E-state index contributed by atoms with van der Waals surface area (Å²) in [7, 11) is 0. The first-order valence-corrected chi connectivity index (χ1v) is 10.0. The van der Waals surface area contributed by atoms with Crippen LogP contribution in [-0.4, -0.2) is 43.9 Å². The number of thioether (sulfide) groups is 2. The van der Waals surface area contributed by atoms with E-state index in [1.807, 2.05) is 0 Å². The molecule has 11 heteroatoms. The lowest BCUT2D eigenvalue weighted by Crippen LogP contribution is -2.27. The van der Waals surface area contributed by atoms with Crippen LogP contribution < -0.4 is 10.9 Å². The van der Waals surface area contributed by atoms with Crippen molar-refractivity contribution in [1.29, 1.82) is 0 Å². The number of hydrazone groups is 2. The molecule has 0 saturated heterocycles. The number of amides is 2. The van der Waals surface area contributed by atoms with Crippen molar-refractivity contribution in [2.45, 2.75) is 60.7 Å². The van der Waals surface area contributed by atoms with Crippen LogP contribution in [0.3, 0.4) is 0 Å². The molecule has 0 radical (unpaired) electrons. The van der Waals surface area contributed by atoms with E-state index in [1.54, 1.807) is 41.5 Å². The number of aromatic nitrogens is 2. The van der Waals surface area contributed by atoms with Gasteiger partial charge in [-0.2, -0.15) is 10.2 Å². The van der Waals surface area contributed by atoms with Crippen molar-refractivity contribution < 1.29 is 9.59 Å². The van der Waals surface area contributed by atoms with Crippen molar-refractivity contribution in [2.75, 3.05) is 0 Å². The summed E-state index contributed by atoms with van der Waals surface area (Å²) < 4.78 is 1.33. The molecule has 2 N–H and O–H groups in total. The lowest BCUT2D eigenvalue weighted by Gasteiger charge is -2.07. The van der Waals surface area contributed by atoms with Crippen LogP contribution in [0.15, 0.2) is 18.9 Å². The summed E-state index contributed by atoms with van der Waals surface area (Å²) >= 11 is 3.95. The Labute approximate surface area is 159 Å². The van der Waals surface area contributed by atoms with Gasteiger partial charge in [0.05, 0.1) is 10.5 Å². The van der Waals surface area contributed by atoms with Crippen LogP contribution in [0.4, 0.5) is 0 Å². The summed E-state index contributed by atoms with van der Waals surface area (Å²) in [6.45, 7) is 10.8. The smallest absolute Gasteiger partial charge is 0.253 e. The minimum absolute atomic E-state index is 0.198. The Morgan fingerprint density at radius 1 is 0.880 bits per heavy atom. The van der Waals surface area contributed by atoms with Gasteiger partial charge >= 0.3 is 0 Å². The quantitative estimate of drug-likeness (QED) is 0.393. The summed E-state index contributed by atoms with van der Waals surface area (Å²) in [5.41, 5.74) is 6.53. The second kappa shape index (κ2) is 10.5. The summed E-state index contributed by atoms with van der Waals surface area (Å²) in [5.74, 6) is -0.396. The summed E-state index contributed by atoms with van der Waals surface area (Å²) in [6, 6.07) is 0. The van der Waals surface area contributed by atoms with Gasteiger partial charge in [0.2, 0.25) is 0 Å². The van der Waals surface area contributed by atoms with Gasteiger partial charge in [-0.3, -0.25) is 9.59 Å². The lowest BCUT2D eigenvalue weighted by atomic mass is 10.4. The molecule has 2 atom stereocenters. The van der Waals surface area contributed by atoms with Crippen LogP contribution in [0.25, 0.3) is 0 Å². The van der Waals surface area contributed by atoms with Crippen molar-refractivity contribution in [3.8, 4) is 0 Å². The van der Waals surface area contributed by atoms with Gasteiger partial charge in [-0.15, -0.1) is 10.2 Å². The molecule has 0 bridgehead atoms. The average molecular weight is 403 g/mol. The van der Waals surface area contributed by atoms with Crippen LogP contribution in [0, 0.1) is 0 Å². The maximum absolute atomic E-state index is 11.9. The van der Waals surface area contributed by atoms with Gasteiger partial charge in [0, 0.05) is 11.4 Å². The van der Waals surface area contributed by atoms with Crippen LogP contribution in [0.2, 0.25) is 0 Å². The highest BCUT2D eigenvalue weighted by Crippen LogP contribution is 2.33. The molecule has 0 spiro atoms. The molecular weight excluding hydrogens is 380 g/mol. The zero-order chi connectivity index (χ0) is 19.0. The number of rotatable bonds is 8. The van der Waals surface area contributed by atoms with E-state index in [-0.39, 0.29) is 22.3 Å². The molecule has 0 saturated carbocycles. The third kappa shape index (κ3) is 8.45. The lowest BCUT2D eigenvalue weighted by molar-refractivity contribution is -0.121. The van der Waals surface area contributed by atoms with Crippen LogP contribution in [0.5, 0.6) is 0 Å². The van der Waals surface area contributed by atoms with E-state index in [4.69, 9.17) is 0 Å². The Bertz CT molecular complexity index is 611. The number of hydrogen-bond acceptors (Lipinski definition) is 9. The number of carbonyl (C=O) groups excluding carboxylic acids is 2. The van der Waals surface area contributed by atoms with Gasteiger partial charge in [-0.1, -0.05) is 34.9 Å². The maximum atomic E-state index is 11.9.